The van der Waals surface area contributed by atoms with Crippen molar-refractivity contribution < 1.29 is 9.53 Å². The molecule has 3 heterocycles. The summed E-state index contributed by atoms with van der Waals surface area (Å²) in [7, 11) is 1.59. The van der Waals surface area contributed by atoms with Crippen LogP contribution in [0.1, 0.15) is 23.1 Å². The van der Waals surface area contributed by atoms with E-state index in [2.05, 4.69) is 15.3 Å². The number of ether oxygens (including phenoxy) is 1. The molecule has 0 aliphatic carbocycles. The highest BCUT2D eigenvalue weighted by Crippen LogP contribution is 2.25. The molecule has 0 radical (unpaired) electrons. The number of para-hydroxylation sites is 1. The summed E-state index contributed by atoms with van der Waals surface area (Å²) in [6, 6.07) is 13.2. The van der Waals surface area contributed by atoms with Crippen molar-refractivity contribution in [1.82, 2.24) is 14.4 Å². The maximum Gasteiger partial charge on any atom is 0.274 e. The van der Waals surface area contributed by atoms with Crippen molar-refractivity contribution in [3.05, 3.63) is 66.2 Å². The van der Waals surface area contributed by atoms with Crippen LogP contribution in [-0.4, -0.2) is 27.4 Å². The Morgan fingerprint density at radius 2 is 2.04 bits per heavy atom. The number of fused-ring (bicyclic) bond motifs is 2. The lowest BCUT2D eigenvalue weighted by atomic mass is 10.2. The summed E-state index contributed by atoms with van der Waals surface area (Å²) in [4.78, 5) is 22.1. The molecule has 0 spiro atoms. The Balaban J connectivity index is 1.81. The van der Waals surface area contributed by atoms with Gasteiger partial charge in [0, 0.05) is 17.8 Å². The Kier molecular flexibility index (Phi) is 4.01. The summed E-state index contributed by atoms with van der Waals surface area (Å²) in [6.45, 7) is 1.98. The first-order valence-electron chi connectivity index (χ1n) is 8.42. The third-order valence-corrected chi connectivity index (χ3v) is 4.34. The molecule has 0 unspecified atom stereocenters. The summed E-state index contributed by atoms with van der Waals surface area (Å²) in [5.74, 6) is 0.411. The van der Waals surface area contributed by atoms with Crippen molar-refractivity contribution in [2.24, 2.45) is 0 Å². The maximum atomic E-state index is 13.1. The van der Waals surface area contributed by atoms with E-state index < -0.39 is 0 Å². The topological polar surface area (TPSA) is 68.5 Å². The second-order valence-electron chi connectivity index (χ2n) is 5.87. The second-order valence-corrected chi connectivity index (χ2v) is 5.87. The van der Waals surface area contributed by atoms with Crippen LogP contribution in [0.4, 0.5) is 5.69 Å². The van der Waals surface area contributed by atoms with Gasteiger partial charge in [-0.15, -0.1) is 0 Å². The normalized spacial score (nSPS) is 11.0. The molecule has 1 amide bonds. The standard InChI is InChI=1S/C20H18N4O2/c1-3-14-18(24-12-6-10-16(26-2)19(24)22-14)20(25)23-15-9-4-7-13-8-5-11-21-17(13)15/h4-12H,3H2,1-2H3,(H,23,25). The molecule has 0 aliphatic heterocycles. The second kappa shape index (κ2) is 6.48. The zero-order chi connectivity index (χ0) is 18.1. The quantitative estimate of drug-likeness (QED) is 0.612. The molecule has 0 atom stereocenters. The van der Waals surface area contributed by atoms with Gasteiger partial charge in [-0.25, -0.2) is 4.98 Å². The van der Waals surface area contributed by atoms with Crippen molar-refractivity contribution in [3.63, 3.8) is 0 Å². The zero-order valence-corrected chi connectivity index (χ0v) is 14.6. The monoisotopic (exact) mass is 346 g/mol. The Labute approximate surface area is 150 Å². The number of rotatable bonds is 4. The summed E-state index contributed by atoms with van der Waals surface area (Å²) in [5, 5.41) is 3.96. The molecule has 0 fully saturated rings. The number of imidazole rings is 1. The van der Waals surface area contributed by atoms with Crippen molar-refractivity contribution in [2.45, 2.75) is 13.3 Å². The molecule has 4 aromatic rings. The van der Waals surface area contributed by atoms with Gasteiger partial charge in [0.2, 0.25) is 0 Å². The van der Waals surface area contributed by atoms with Crippen molar-refractivity contribution in [1.29, 1.82) is 0 Å². The Morgan fingerprint density at radius 3 is 2.85 bits per heavy atom. The number of carbonyl (C=O) groups is 1. The third kappa shape index (κ3) is 2.56. The van der Waals surface area contributed by atoms with Crippen molar-refractivity contribution >= 4 is 28.1 Å². The predicted molar refractivity (Wildman–Crippen MR) is 101 cm³/mol. The summed E-state index contributed by atoms with van der Waals surface area (Å²) in [5.41, 5.74) is 3.29. The van der Waals surface area contributed by atoms with Crippen LogP contribution in [-0.2, 0) is 6.42 Å². The Bertz CT molecular complexity index is 1110. The summed E-state index contributed by atoms with van der Waals surface area (Å²) in [6.07, 6.45) is 4.18. The molecule has 6 heteroatoms. The smallest absolute Gasteiger partial charge is 0.274 e. The Morgan fingerprint density at radius 1 is 1.19 bits per heavy atom. The number of benzene rings is 1. The van der Waals surface area contributed by atoms with Crippen molar-refractivity contribution in [2.75, 3.05) is 12.4 Å². The average Bonchev–Trinajstić information content (AvgIpc) is 3.07. The summed E-state index contributed by atoms with van der Waals surface area (Å²) < 4.78 is 7.14. The molecule has 3 aromatic heterocycles. The molecule has 1 aromatic carbocycles. The van der Waals surface area contributed by atoms with Gasteiger partial charge in [0.15, 0.2) is 11.4 Å². The fourth-order valence-corrected chi connectivity index (χ4v) is 3.12. The van der Waals surface area contributed by atoms with Gasteiger partial charge in [-0.3, -0.25) is 14.2 Å². The number of methoxy groups -OCH3 is 1. The van der Waals surface area contributed by atoms with E-state index in [4.69, 9.17) is 4.74 Å². The number of hydrogen-bond donors (Lipinski definition) is 1. The van der Waals surface area contributed by atoms with Crippen LogP contribution in [0.25, 0.3) is 16.6 Å². The SMILES string of the molecule is CCc1nc2c(OC)cccn2c1C(=O)Nc1cccc2cccnc12. The predicted octanol–water partition coefficient (Wildman–Crippen LogP) is 3.71. The molecule has 130 valence electrons. The number of anilines is 1. The highest BCUT2D eigenvalue weighted by Gasteiger charge is 2.20. The van der Waals surface area contributed by atoms with E-state index in [1.165, 1.54) is 0 Å². The number of nitrogens with one attached hydrogen (secondary N) is 1. The van der Waals surface area contributed by atoms with Crippen LogP contribution in [0.15, 0.2) is 54.9 Å². The Hall–Kier alpha value is -3.41. The van der Waals surface area contributed by atoms with E-state index in [0.29, 0.717) is 29.2 Å². The lowest BCUT2D eigenvalue weighted by Crippen LogP contribution is -2.16. The molecular weight excluding hydrogens is 328 g/mol. The molecule has 0 bridgehead atoms. The molecular formula is C20H18N4O2. The fraction of sp³-hybridized carbons (Fsp3) is 0.150. The number of carbonyl (C=O) groups excluding carboxylic acids is 1. The molecule has 1 N–H and O–H groups in total. The van der Waals surface area contributed by atoms with E-state index in [9.17, 15) is 4.79 Å². The van der Waals surface area contributed by atoms with Gasteiger partial charge >= 0.3 is 0 Å². The number of aromatic nitrogens is 3. The molecule has 0 saturated carbocycles. The first kappa shape index (κ1) is 16.1. The third-order valence-electron chi connectivity index (χ3n) is 4.34. The molecule has 26 heavy (non-hydrogen) atoms. The average molecular weight is 346 g/mol. The highest BCUT2D eigenvalue weighted by molar-refractivity contribution is 6.08. The fourth-order valence-electron chi connectivity index (χ4n) is 3.12. The number of pyridine rings is 2. The van der Waals surface area contributed by atoms with E-state index in [0.717, 1.165) is 16.6 Å². The van der Waals surface area contributed by atoms with Crippen LogP contribution in [0.2, 0.25) is 0 Å². The van der Waals surface area contributed by atoms with Crippen LogP contribution in [0.5, 0.6) is 5.75 Å². The first-order chi connectivity index (χ1) is 12.7. The van der Waals surface area contributed by atoms with Gasteiger partial charge in [0.05, 0.1) is 24.0 Å². The van der Waals surface area contributed by atoms with Crippen LogP contribution >= 0.6 is 0 Å². The van der Waals surface area contributed by atoms with Gasteiger partial charge in [-0.2, -0.15) is 0 Å². The van der Waals surface area contributed by atoms with Crippen molar-refractivity contribution in [3.8, 4) is 5.75 Å². The van der Waals surface area contributed by atoms with E-state index in [1.54, 1.807) is 17.7 Å². The minimum absolute atomic E-state index is 0.222. The molecule has 0 saturated heterocycles. The van der Waals surface area contributed by atoms with Gasteiger partial charge in [0.25, 0.3) is 5.91 Å². The number of nitrogens with zero attached hydrogens (tertiary/aromatic N) is 3. The largest absolute Gasteiger partial charge is 0.493 e. The minimum Gasteiger partial charge on any atom is -0.493 e. The molecule has 6 nitrogen and oxygen atoms in total. The van der Waals surface area contributed by atoms with Crippen LogP contribution < -0.4 is 10.1 Å². The number of amides is 1. The van der Waals surface area contributed by atoms with E-state index in [-0.39, 0.29) is 5.91 Å². The molecule has 4 rings (SSSR count). The van der Waals surface area contributed by atoms with Gasteiger partial charge in [-0.1, -0.05) is 25.1 Å². The minimum atomic E-state index is -0.222. The number of hydrogen-bond acceptors (Lipinski definition) is 4. The first-order valence-corrected chi connectivity index (χ1v) is 8.42. The van der Waals surface area contributed by atoms with Crippen LogP contribution in [0.3, 0.4) is 0 Å². The number of aryl methyl sites for hydroxylation is 1. The lowest BCUT2D eigenvalue weighted by Gasteiger charge is -2.09. The van der Waals surface area contributed by atoms with Gasteiger partial charge in [0.1, 0.15) is 5.69 Å². The summed E-state index contributed by atoms with van der Waals surface area (Å²) >= 11 is 0. The van der Waals surface area contributed by atoms with Gasteiger partial charge < -0.3 is 10.1 Å². The molecule has 0 aliphatic rings. The lowest BCUT2D eigenvalue weighted by molar-refractivity contribution is 0.102. The maximum absolute atomic E-state index is 13.1. The zero-order valence-electron chi connectivity index (χ0n) is 14.6. The van der Waals surface area contributed by atoms with Crippen LogP contribution in [0, 0.1) is 0 Å². The van der Waals surface area contributed by atoms with E-state index in [1.807, 2.05) is 55.6 Å². The highest BCUT2D eigenvalue weighted by atomic mass is 16.5. The van der Waals surface area contributed by atoms with Gasteiger partial charge in [-0.05, 0) is 30.7 Å². The van der Waals surface area contributed by atoms with E-state index >= 15 is 0 Å².